The molecule has 7 heteroatoms. The van der Waals surface area contributed by atoms with Crippen LogP contribution in [0.3, 0.4) is 0 Å². The second-order valence-corrected chi connectivity index (χ2v) is 5.84. The highest BCUT2D eigenvalue weighted by molar-refractivity contribution is 5.81. The van der Waals surface area contributed by atoms with Crippen LogP contribution in [0.25, 0.3) is 11.1 Å². The molecular weight excluding hydrogens is 343 g/mol. The number of aromatic nitrogens is 2. The summed E-state index contributed by atoms with van der Waals surface area (Å²) in [6.07, 6.45) is -2.63. The maximum Gasteiger partial charge on any atom is 0.416 e. The van der Waals surface area contributed by atoms with Gasteiger partial charge in [-0.1, -0.05) is 18.2 Å². The summed E-state index contributed by atoms with van der Waals surface area (Å²) >= 11 is 0. The number of para-hydroxylation sites is 1. The zero-order valence-corrected chi connectivity index (χ0v) is 14.1. The highest BCUT2D eigenvalue weighted by Crippen LogP contribution is 2.34. The molecule has 0 atom stereocenters. The summed E-state index contributed by atoms with van der Waals surface area (Å²) in [6, 6.07) is 12.4. The zero-order chi connectivity index (χ0) is 18.7. The molecular formula is C19H18F3N3O. The Morgan fingerprint density at radius 2 is 1.73 bits per heavy atom. The van der Waals surface area contributed by atoms with E-state index in [4.69, 9.17) is 5.11 Å². The van der Waals surface area contributed by atoms with Crippen molar-refractivity contribution in [3.05, 3.63) is 66.0 Å². The van der Waals surface area contributed by atoms with E-state index >= 15 is 0 Å². The van der Waals surface area contributed by atoms with Crippen LogP contribution >= 0.6 is 0 Å². The number of nitrogens with one attached hydrogen (secondary N) is 1. The molecule has 2 aromatic carbocycles. The number of aliphatic hydroxyl groups excluding tert-OH is 1. The van der Waals surface area contributed by atoms with Crippen molar-refractivity contribution in [2.75, 3.05) is 11.9 Å². The first-order chi connectivity index (χ1) is 12.4. The summed E-state index contributed by atoms with van der Waals surface area (Å²) in [4.78, 5) is 0. The molecule has 1 heterocycles. The molecule has 0 aliphatic heterocycles. The molecule has 3 aromatic rings. The SMILES string of the molecule is Cc1c(-c2ccccc2Nc2ccc(C(F)(F)F)cc2)cnn1CCO. The average molecular weight is 361 g/mol. The fourth-order valence-corrected chi connectivity index (χ4v) is 2.76. The Morgan fingerprint density at radius 1 is 1.04 bits per heavy atom. The predicted octanol–water partition coefficient (Wildman–Crippen LogP) is 4.61. The van der Waals surface area contributed by atoms with Gasteiger partial charge in [-0.2, -0.15) is 18.3 Å². The molecule has 0 unspecified atom stereocenters. The minimum atomic E-state index is -4.35. The number of anilines is 2. The van der Waals surface area contributed by atoms with Crippen molar-refractivity contribution in [1.82, 2.24) is 9.78 Å². The Bertz CT molecular complexity index is 886. The Morgan fingerprint density at radius 3 is 2.38 bits per heavy atom. The van der Waals surface area contributed by atoms with Gasteiger partial charge in [-0.25, -0.2) is 0 Å². The Labute approximate surface area is 148 Å². The van der Waals surface area contributed by atoms with Crippen molar-refractivity contribution in [3.8, 4) is 11.1 Å². The largest absolute Gasteiger partial charge is 0.416 e. The van der Waals surface area contributed by atoms with Crippen molar-refractivity contribution in [1.29, 1.82) is 0 Å². The lowest BCUT2D eigenvalue weighted by Crippen LogP contribution is -2.05. The molecule has 0 saturated carbocycles. The Hall–Kier alpha value is -2.80. The van der Waals surface area contributed by atoms with Gasteiger partial charge in [0.25, 0.3) is 0 Å². The van der Waals surface area contributed by atoms with E-state index < -0.39 is 11.7 Å². The van der Waals surface area contributed by atoms with Crippen molar-refractivity contribution < 1.29 is 18.3 Å². The lowest BCUT2D eigenvalue weighted by Gasteiger charge is -2.13. The van der Waals surface area contributed by atoms with Gasteiger partial charge in [-0.15, -0.1) is 0 Å². The first-order valence-corrected chi connectivity index (χ1v) is 8.07. The third-order valence-corrected chi connectivity index (χ3v) is 4.12. The van der Waals surface area contributed by atoms with E-state index in [-0.39, 0.29) is 6.61 Å². The van der Waals surface area contributed by atoms with Gasteiger partial charge in [0.05, 0.1) is 24.9 Å². The monoisotopic (exact) mass is 361 g/mol. The molecule has 0 aliphatic carbocycles. The molecule has 1 aromatic heterocycles. The first-order valence-electron chi connectivity index (χ1n) is 8.07. The van der Waals surface area contributed by atoms with Crippen LogP contribution < -0.4 is 5.32 Å². The molecule has 0 amide bonds. The summed E-state index contributed by atoms with van der Waals surface area (Å²) in [7, 11) is 0. The van der Waals surface area contributed by atoms with E-state index in [0.717, 1.165) is 34.6 Å². The molecule has 0 aliphatic rings. The third-order valence-electron chi connectivity index (χ3n) is 4.12. The lowest BCUT2D eigenvalue weighted by molar-refractivity contribution is -0.137. The molecule has 0 fully saturated rings. The van der Waals surface area contributed by atoms with Gasteiger partial charge in [0.2, 0.25) is 0 Å². The van der Waals surface area contributed by atoms with E-state index in [1.807, 2.05) is 31.2 Å². The smallest absolute Gasteiger partial charge is 0.394 e. The fourth-order valence-electron chi connectivity index (χ4n) is 2.76. The van der Waals surface area contributed by atoms with E-state index in [1.54, 1.807) is 10.9 Å². The van der Waals surface area contributed by atoms with Gasteiger partial charge in [0, 0.05) is 28.2 Å². The Kier molecular flexibility index (Phi) is 4.99. The predicted molar refractivity (Wildman–Crippen MR) is 94.2 cm³/mol. The van der Waals surface area contributed by atoms with Crippen LogP contribution in [0.15, 0.2) is 54.7 Å². The van der Waals surface area contributed by atoms with E-state index in [2.05, 4.69) is 10.4 Å². The first kappa shape index (κ1) is 18.0. The number of hydrogen-bond acceptors (Lipinski definition) is 3. The van der Waals surface area contributed by atoms with Crippen LogP contribution in [0.5, 0.6) is 0 Å². The van der Waals surface area contributed by atoms with Crippen LogP contribution in [0.4, 0.5) is 24.5 Å². The van der Waals surface area contributed by atoms with Gasteiger partial charge < -0.3 is 10.4 Å². The molecule has 0 bridgehead atoms. The highest BCUT2D eigenvalue weighted by atomic mass is 19.4. The molecule has 0 spiro atoms. The molecule has 0 saturated heterocycles. The van der Waals surface area contributed by atoms with Crippen LogP contribution in [-0.4, -0.2) is 21.5 Å². The zero-order valence-electron chi connectivity index (χ0n) is 14.1. The molecule has 2 N–H and O–H groups in total. The van der Waals surface area contributed by atoms with Crippen LogP contribution in [0.1, 0.15) is 11.3 Å². The second kappa shape index (κ2) is 7.21. The summed E-state index contributed by atoms with van der Waals surface area (Å²) in [5.74, 6) is 0. The van der Waals surface area contributed by atoms with Crippen LogP contribution in [0.2, 0.25) is 0 Å². The standard InChI is InChI=1S/C19H18F3N3O/c1-13-17(12-23-25(13)10-11-26)16-4-2-3-5-18(16)24-15-8-6-14(7-9-15)19(20,21)22/h2-9,12,24,26H,10-11H2,1H3. The number of benzene rings is 2. The van der Waals surface area contributed by atoms with Gasteiger partial charge in [-0.3, -0.25) is 4.68 Å². The van der Waals surface area contributed by atoms with Gasteiger partial charge in [0.15, 0.2) is 0 Å². The van der Waals surface area contributed by atoms with E-state index in [0.29, 0.717) is 12.2 Å². The molecule has 26 heavy (non-hydrogen) atoms. The van der Waals surface area contributed by atoms with Crippen LogP contribution in [-0.2, 0) is 12.7 Å². The normalized spacial score (nSPS) is 11.6. The number of nitrogens with zero attached hydrogens (tertiary/aromatic N) is 2. The minimum Gasteiger partial charge on any atom is -0.394 e. The number of alkyl halides is 3. The second-order valence-electron chi connectivity index (χ2n) is 5.84. The maximum atomic E-state index is 12.7. The number of halogens is 3. The van der Waals surface area contributed by atoms with Gasteiger partial charge in [0.1, 0.15) is 0 Å². The summed E-state index contributed by atoms with van der Waals surface area (Å²) < 4.78 is 39.8. The maximum absolute atomic E-state index is 12.7. The number of rotatable bonds is 5. The van der Waals surface area contributed by atoms with E-state index in [1.165, 1.54) is 12.1 Å². The minimum absolute atomic E-state index is 0.00654. The third kappa shape index (κ3) is 3.72. The topological polar surface area (TPSA) is 50.1 Å². The average Bonchev–Trinajstić information content (AvgIpc) is 2.96. The summed E-state index contributed by atoms with van der Waals surface area (Å²) in [5.41, 5.74) is 3.32. The van der Waals surface area contributed by atoms with Gasteiger partial charge >= 0.3 is 6.18 Å². The van der Waals surface area contributed by atoms with Gasteiger partial charge in [-0.05, 0) is 37.3 Å². The van der Waals surface area contributed by atoms with Crippen molar-refractivity contribution in [2.45, 2.75) is 19.6 Å². The Balaban J connectivity index is 1.91. The highest BCUT2D eigenvalue weighted by Gasteiger charge is 2.29. The number of aliphatic hydroxyl groups is 1. The summed E-state index contributed by atoms with van der Waals surface area (Å²) in [6.45, 7) is 2.31. The quantitative estimate of drug-likeness (QED) is 0.698. The number of hydrogen-bond donors (Lipinski definition) is 2. The van der Waals surface area contributed by atoms with Crippen molar-refractivity contribution >= 4 is 11.4 Å². The molecule has 0 radical (unpaired) electrons. The fraction of sp³-hybridized carbons (Fsp3) is 0.211. The summed E-state index contributed by atoms with van der Waals surface area (Å²) in [5, 5.41) is 16.5. The molecule has 3 rings (SSSR count). The van der Waals surface area contributed by atoms with Crippen molar-refractivity contribution in [2.24, 2.45) is 0 Å². The van der Waals surface area contributed by atoms with Crippen molar-refractivity contribution in [3.63, 3.8) is 0 Å². The molecule has 136 valence electrons. The lowest BCUT2D eigenvalue weighted by atomic mass is 10.0. The van der Waals surface area contributed by atoms with Crippen LogP contribution in [0, 0.1) is 6.92 Å². The molecule has 4 nitrogen and oxygen atoms in total. The van der Waals surface area contributed by atoms with E-state index in [9.17, 15) is 13.2 Å².